The van der Waals surface area contributed by atoms with Gasteiger partial charge in [-0.05, 0) is 54.6 Å². The quantitative estimate of drug-likeness (QED) is 0.453. The number of amides is 1. The smallest absolute Gasteiger partial charge is 0.257 e. The predicted octanol–water partition coefficient (Wildman–Crippen LogP) is 5.13. The second-order valence-corrected chi connectivity index (χ2v) is 6.53. The lowest BCUT2D eigenvalue weighted by molar-refractivity contribution is 0.102. The van der Waals surface area contributed by atoms with Crippen molar-refractivity contribution >= 4 is 17.3 Å². The first-order chi connectivity index (χ1) is 14.8. The summed E-state index contributed by atoms with van der Waals surface area (Å²) in [5.41, 5.74) is 2.79. The number of carbonyl (C=O) groups excluding carboxylic acids is 1. The molecule has 2 heterocycles. The maximum Gasteiger partial charge on any atom is 0.257 e. The van der Waals surface area contributed by atoms with Crippen LogP contribution < -0.4 is 15.4 Å². The molecular weight excluding hydrogens is 376 g/mol. The van der Waals surface area contributed by atoms with E-state index in [0.29, 0.717) is 23.5 Å². The van der Waals surface area contributed by atoms with E-state index in [9.17, 15) is 4.79 Å². The van der Waals surface area contributed by atoms with E-state index in [0.717, 1.165) is 17.1 Å². The van der Waals surface area contributed by atoms with Gasteiger partial charge in [0.1, 0.15) is 11.5 Å². The molecule has 0 unspecified atom stereocenters. The Bertz CT molecular complexity index is 1100. The van der Waals surface area contributed by atoms with Crippen molar-refractivity contribution < 1.29 is 9.53 Å². The van der Waals surface area contributed by atoms with Crippen LogP contribution in [-0.2, 0) is 6.54 Å². The molecule has 0 saturated heterocycles. The summed E-state index contributed by atoms with van der Waals surface area (Å²) in [6.07, 6.45) is 4.96. The summed E-state index contributed by atoms with van der Waals surface area (Å²) < 4.78 is 5.77. The average molecular weight is 396 g/mol. The predicted molar refractivity (Wildman–Crippen MR) is 117 cm³/mol. The van der Waals surface area contributed by atoms with Crippen LogP contribution >= 0.6 is 0 Å². The number of hydrogen-bond donors (Lipinski definition) is 2. The number of carbonyl (C=O) groups is 1. The molecule has 0 aliphatic carbocycles. The van der Waals surface area contributed by atoms with Gasteiger partial charge >= 0.3 is 0 Å². The van der Waals surface area contributed by atoms with Crippen LogP contribution in [0.5, 0.6) is 11.5 Å². The molecule has 6 heteroatoms. The van der Waals surface area contributed by atoms with Gasteiger partial charge in [-0.15, -0.1) is 0 Å². The third-order valence-electron chi connectivity index (χ3n) is 4.29. The van der Waals surface area contributed by atoms with Gasteiger partial charge in [0.15, 0.2) is 0 Å². The minimum atomic E-state index is -0.235. The van der Waals surface area contributed by atoms with Crippen molar-refractivity contribution in [1.82, 2.24) is 9.97 Å². The zero-order valence-electron chi connectivity index (χ0n) is 16.2. The van der Waals surface area contributed by atoms with Crippen LogP contribution in [0.4, 0.5) is 11.4 Å². The molecule has 0 saturated carbocycles. The Kier molecular flexibility index (Phi) is 5.96. The normalized spacial score (nSPS) is 10.3. The van der Waals surface area contributed by atoms with Crippen LogP contribution in [0.3, 0.4) is 0 Å². The fourth-order valence-electron chi connectivity index (χ4n) is 2.79. The number of nitrogens with one attached hydrogen (secondary N) is 2. The van der Waals surface area contributed by atoms with Gasteiger partial charge in [0.05, 0.1) is 23.5 Å². The lowest BCUT2D eigenvalue weighted by atomic mass is 10.2. The van der Waals surface area contributed by atoms with Crippen molar-refractivity contribution in [2.24, 2.45) is 0 Å². The summed E-state index contributed by atoms with van der Waals surface area (Å²) in [5.74, 6) is 1.22. The highest BCUT2D eigenvalue weighted by Gasteiger charge is 2.08. The Morgan fingerprint density at radius 3 is 2.37 bits per heavy atom. The zero-order chi connectivity index (χ0) is 20.6. The molecule has 0 atom stereocenters. The number of rotatable bonds is 7. The van der Waals surface area contributed by atoms with E-state index in [1.165, 1.54) is 6.20 Å². The number of ether oxygens (including phenoxy) is 1. The molecule has 2 N–H and O–H groups in total. The lowest BCUT2D eigenvalue weighted by Gasteiger charge is -2.09. The van der Waals surface area contributed by atoms with Gasteiger partial charge in [-0.3, -0.25) is 14.8 Å². The number of benzene rings is 2. The Hall–Kier alpha value is -4.19. The molecule has 2 aromatic heterocycles. The van der Waals surface area contributed by atoms with Crippen LogP contribution in [0.15, 0.2) is 97.5 Å². The first-order valence-corrected chi connectivity index (χ1v) is 9.49. The summed E-state index contributed by atoms with van der Waals surface area (Å²) in [6, 6.07) is 24.3. The number of hydrogen-bond acceptors (Lipinski definition) is 5. The van der Waals surface area contributed by atoms with Crippen LogP contribution in [0.25, 0.3) is 0 Å². The number of para-hydroxylation sites is 1. The SMILES string of the molecule is O=C(Nc1ccc(Oc2ccccc2)cc1)c1cncc(NCc2ccccn2)c1. The molecule has 4 aromatic rings. The highest BCUT2D eigenvalue weighted by atomic mass is 16.5. The molecule has 4 rings (SSSR count). The van der Waals surface area contributed by atoms with Crippen molar-refractivity contribution in [3.63, 3.8) is 0 Å². The van der Waals surface area contributed by atoms with Crippen LogP contribution in [-0.4, -0.2) is 15.9 Å². The van der Waals surface area contributed by atoms with Gasteiger partial charge < -0.3 is 15.4 Å². The maximum atomic E-state index is 12.6. The van der Waals surface area contributed by atoms with Crippen LogP contribution in [0.2, 0.25) is 0 Å². The van der Waals surface area contributed by atoms with Gasteiger partial charge in [-0.25, -0.2) is 0 Å². The average Bonchev–Trinajstić information content (AvgIpc) is 2.80. The first kappa shape index (κ1) is 19.1. The summed E-state index contributed by atoms with van der Waals surface area (Å²) in [7, 11) is 0. The van der Waals surface area contributed by atoms with Crippen LogP contribution in [0.1, 0.15) is 16.1 Å². The monoisotopic (exact) mass is 396 g/mol. The standard InChI is InChI=1S/C24H20N4O2/c29-24(18-14-21(16-25-15-18)27-17-20-6-4-5-13-26-20)28-19-9-11-23(12-10-19)30-22-7-2-1-3-8-22/h1-16,27H,17H2,(H,28,29). The fourth-order valence-corrected chi connectivity index (χ4v) is 2.79. The maximum absolute atomic E-state index is 12.6. The van der Waals surface area contributed by atoms with Crippen molar-refractivity contribution in [3.8, 4) is 11.5 Å². The van der Waals surface area contributed by atoms with Crippen molar-refractivity contribution in [2.45, 2.75) is 6.54 Å². The van der Waals surface area contributed by atoms with Crippen molar-refractivity contribution in [2.75, 3.05) is 10.6 Å². The first-order valence-electron chi connectivity index (χ1n) is 9.49. The Labute approximate surface area is 174 Å². The van der Waals surface area contributed by atoms with Crippen molar-refractivity contribution in [3.05, 3.63) is 109 Å². The number of aromatic nitrogens is 2. The van der Waals surface area contributed by atoms with Gasteiger partial charge in [0.25, 0.3) is 5.91 Å². The number of anilines is 2. The number of nitrogens with zero attached hydrogens (tertiary/aromatic N) is 2. The van der Waals surface area contributed by atoms with Gasteiger partial charge in [-0.2, -0.15) is 0 Å². The molecular formula is C24H20N4O2. The van der Waals surface area contributed by atoms with E-state index in [4.69, 9.17) is 4.74 Å². The molecule has 0 spiro atoms. The topological polar surface area (TPSA) is 76.1 Å². The minimum absolute atomic E-state index is 0.235. The summed E-state index contributed by atoms with van der Waals surface area (Å²) >= 11 is 0. The molecule has 30 heavy (non-hydrogen) atoms. The van der Waals surface area contributed by atoms with Crippen LogP contribution in [0, 0.1) is 0 Å². The molecule has 0 aliphatic heterocycles. The van der Waals surface area contributed by atoms with E-state index in [1.54, 1.807) is 30.6 Å². The molecule has 1 amide bonds. The lowest BCUT2D eigenvalue weighted by Crippen LogP contribution is -2.12. The van der Waals surface area contributed by atoms with Crippen molar-refractivity contribution in [1.29, 1.82) is 0 Å². The van der Waals surface area contributed by atoms with E-state index >= 15 is 0 Å². The molecule has 0 fully saturated rings. The van der Waals surface area contributed by atoms with Gasteiger partial charge in [0.2, 0.25) is 0 Å². The summed E-state index contributed by atoms with van der Waals surface area (Å²) in [5, 5.41) is 6.10. The third kappa shape index (κ3) is 5.20. The second kappa shape index (κ2) is 9.34. The van der Waals surface area contributed by atoms with E-state index in [2.05, 4.69) is 20.6 Å². The molecule has 0 radical (unpaired) electrons. The van der Waals surface area contributed by atoms with E-state index in [-0.39, 0.29) is 5.91 Å². The largest absolute Gasteiger partial charge is 0.457 e. The van der Waals surface area contributed by atoms with E-state index < -0.39 is 0 Å². The Morgan fingerprint density at radius 1 is 0.833 bits per heavy atom. The molecule has 0 bridgehead atoms. The van der Waals surface area contributed by atoms with E-state index in [1.807, 2.05) is 60.7 Å². The molecule has 2 aromatic carbocycles. The summed E-state index contributed by atoms with van der Waals surface area (Å²) in [4.78, 5) is 21.0. The fraction of sp³-hybridized carbons (Fsp3) is 0.0417. The van der Waals surface area contributed by atoms with Gasteiger partial charge in [-0.1, -0.05) is 24.3 Å². The minimum Gasteiger partial charge on any atom is -0.457 e. The molecule has 6 nitrogen and oxygen atoms in total. The highest BCUT2D eigenvalue weighted by molar-refractivity contribution is 6.04. The molecule has 0 aliphatic rings. The third-order valence-corrected chi connectivity index (χ3v) is 4.29. The molecule has 148 valence electrons. The Morgan fingerprint density at radius 2 is 1.60 bits per heavy atom. The zero-order valence-corrected chi connectivity index (χ0v) is 16.2. The van der Waals surface area contributed by atoms with Gasteiger partial charge in [0, 0.05) is 24.3 Å². The Balaban J connectivity index is 1.36. The highest BCUT2D eigenvalue weighted by Crippen LogP contribution is 2.23. The second-order valence-electron chi connectivity index (χ2n) is 6.53. The summed E-state index contributed by atoms with van der Waals surface area (Å²) in [6.45, 7) is 0.552. The number of pyridine rings is 2.